The van der Waals surface area contributed by atoms with Crippen molar-refractivity contribution >= 4 is 0 Å². The standard InChI is InChI=1S/C15H23NO/c1-6-8-9-10-14(16-7-2)15-11(3)12(4)17-13(15)5/h1,14,16H,7-10H2,2-5H3. The smallest absolute Gasteiger partial charge is 0.106 e. The predicted octanol–water partition coefficient (Wildman–Crippen LogP) is 3.66. The molecule has 0 amide bonds. The van der Waals surface area contributed by atoms with Crippen molar-refractivity contribution in [2.75, 3.05) is 6.54 Å². The van der Waals surface area contributed by atoms with E-state index in [0.29, 0.717) is 6.04 Å². The van der Waals surface area contributed by atoms with Crippen molar-refractivity contribution in [3.05, 3.63) is 22.6 Å². The Kier molecular flexibility index (Phi) is 5.31. The summed E-state index contributed by atoms with van der Waals surface area (Å²) in [5.74, 6) is 4.76. The van der Waals surface area contributed by atoms with Crippen LogP contribution in [0.5, 0.6) is 0 Å². The molecule has 0 radical (unpaired) electrons. The highest BCUT2D eigenvalue weighted by Gasteiger charge is 2.19. The Morgan fingerprint density at radius 3 is 2.47 bits per heavy atom. The Labute approximate surface area is 105 Å². The van der Waals surface area contributed by atoms with Crippen molar-refractivity contribution in [1.29, 1.82) is 0 Å². The van der Waals surface area contributed by atoms with Crippen LogP contribution >= 0.6 is 0 Å². The minimum Gasteiger partial charge on any atom is -0.466 e. The van der Waals surface area contributed by atoms with E-state index in [0.717, 1.165) is 37.3 Å². The Morgan fingerprint density at radius 2 is 2.00 bits per heavy atom. The van der Waals surface area contributed by atoms with Gasteiger partial charge in [0.2, 0.25) is 0 Å². The molecule has 0 aliphatic heterocycles. The van der Waals surface area contributed by atoms with Gasteiger partial charge in [-0.25, -0.2) is 0 Å². The molecule has 94 valence electrons. The number of unbranched alkanes of at least 4 members (excludes halogenated alkanes) is 1. The number of terminal acetylenes is 1. The summed E-state index contributed by atoms with van der Waals surface area (Å²) in [6.45, 7) is 9.29. The molecule has 0 aliphatic rings. The van der Waals surface area contributed by atoms with Gasteiger partial charge in [-0.3, -0.25) is 0 Å². The molecule has 0 saturated heterocycles. The summed E-state index contributed by atoms with van der Waals surface area (Å²) in [6.07, 6.45) is 8.27. The van der Waals surface area contributed by atoms with E-state index in [-0.39, 0.29) is 0 Å². The van der Waals surface area contributed by atoms with Crippen LogP contribution in [0.2, 0.25) is 0 Å². The molecule has 1 rings (SSSR count). The molecule has 0 spiro atoms. The topological polar surface area (TPSA) is 25.2 Å². The fourth-order valence-corrected chi connectivity index (χ4v) is 2.32. The van der Waals surface area contributed by atoms with Crippen molar-refractivity contribution in [2.24, 2.45) is 0 Å². The van der Waals surface area contributed by atoms with E-state index in [2.05, 4.69) is 25.1 Å². The van der Waals surface area contributed by atoms with Crippen LogP contribution < -0.4 is 5.32 Å². The average Bonchev–Trinajstić information content (AvgIpc) is 2.53. The van der Waals surface area contributed by atoms with Crippen LogP contribution in [-0.4, -0.2) is 6.54 Å². The lowest BCUT2D eigenvalue weighted by Gasteiger charge is -2.18. The molecule has 0 aliphatic carbocycles. The van der Waals surface area contributed by atoms with E-state index in [1.165, 1.54) is 11.1 Å². The van der Waals surface area contributed by atoms with Crippen LogP contribution in [0.3, 0.4) is 0 Å². The molecular weight excluding hydrogens is 210 g/mol. The van der Waals surface area contributed by atoms with Crippen LogP contribution in [0.4, 0.5) is 0 Å². The molecule has 2 nitrogen and oxygen atoms in total. The lowest BCUT2D eigenvalue weighted by Crippen LogP contribution is -2.21. The molecule has 1 heterocycles. The fraction of sp³-hybridized carbons (Fsp3) is 0.600. The Balaban J connectivity index is 2.85. The van der Waals surface area contributed by atoms with Crippen LogP contribution in [0.25, 0.3) is 0 Å². The van der Waals surface area contributed by atoms with Crippen molar-refractivity contribution in [3.8, 4) is 12.3 Å². The van der Waals surface area contributed by atoms with Gasteiger partial charge in [-0.15, -0.1) is 12.3 Å². The van der Waals surface area contributed by atoms with Gasteiger partial charge < -0.3 is 9.73 Å². The average molecular weight is 233 g/mol. The van der Waals surface area contributed by atoms with Gasteiger partial charge in [-0.1, -0.05) is 6.92 Å². The number of hydrogen-bond acceptors (Lipinski definition) is 2. The van der Waals surface area contributed by atoms with E-state index < -0.39 is 0 Å². The van der Waals surface area contributed by atoms with Crippen LogP contribution in [0.15, 0.2) is 4.42 Å². The summed E-state index contributed by atoms with van der Waals surface area (Å²) in [7, 11) is 0. The third-order valence-electron chi connectivity index (χ3n) is 3.23. The third kappa shape index (κ3) is 3.38. The minimum atomic E-state index is 0.366. The number of rotatable bonds is 6. The third-order valence-corrected chi connectivity index (χ3v) is 3.23. The summed E-state index contributed by atoms with van der Waals surface area (Å²) in [5.41, 5.74) is 2.59. The monoisotopic (exact) mass is 233 g/mol. The lowest BCUT2D eigenvalue weighted by atomic mass is 9.97. The maximum absolute atomic E-state index is 5.70. The zero-order chi connectivity index (χ0) is 12.8. The van der Waals surface area contributed by atoms with E-state index in [4.69, 9.17) is 10.8 Å². The first-order chi connectivity index (χ1) is 8.11. The molecule has 0 saturated carbocycles. The van der Waals surface area contributed by atoms with Gasteiger partial charge in [0.15, 0.2) is 0 Å². The van der Waals surface area contributed by atoms with Crippen LogP contribution in [-0.2, 0) is 0 Å². The Morgan fingerprint density at radius 1 is 1.29 bits per heavy atom. The number of nitrogens with one attached hydrogen (secondary N) is 1. The first kappa shape index (κ1) is 13.9. The van der Waals surface area contributed by atoms with Crippen molar-refractivity contribution < 1.29 is 4.42 Å². The van der Waals surface area contributed by atoms with E-state index in [9.17, 15) is 0 Å². The summed E-state index contributed by atoms with van der Waals surface area (Å²) < 4.78 is 5.70. The van der Waals surface area contributed by atoms with Gasteiger partial charge in [0.05, 0.1) is 0 Å². The number of furan rings is 1. The first-order valence-corrected chi connectivity index (χ1v) is 6.35. The summed E-state index contributed by atoms with van der Waals surface area (Å²) in [4.78, 5) is 0. The molecule has 2 heteroatoms. The molecule has 1 unspecified atom stereocenters. The lowest BCUT2D eigenvalue weighted by molar-refractivity contribution is 0.469. The highest BCUT2D eigenvalue weighted by Crippen LogP contribution is 2.29. The van der Waals surface area contributed by atoms with Gasteiger partial charge in [-0.05, 0) is 45.7 Å². The second-order valence-electron chi connectivity index (χ2n) is 4.46. The summed E-state index contributed by atoms with van der Waals surface area (Å²) >= 11 is 0. The molecule has 0 fully saturated rings. The Hall–Kier alpha value is -1.20. The van der Waals surface area contributed by atoms with Crippen molar-refractivity contribution in [3.63, 3.8) is 0 Å². The van der Waals surface area contributed by atoms with Gasteiger partial charge in [-0.2, -0.15) is 0 Å². The number of aryl methyl sites for hydroxylation is 2. The molecule has 1 atom stereocenters. The SMILES string of the molecule is C#CCCCC(NCC)c1c(C)oc(C)c1C. The van der Waals surface area contributed by atoms with E-state index in [1.807, 2.05) is 13.8 Å². The fourth-order valence-electron chi connectivity index (χ4n) is 2.32. The summed E-state index contributed by atoms with van der Waals surface area (Å²) in [5, 5.41) is 3.52. The molecule has 1 aromatic rings. The van der Waals surface area contributed by atoms with Gasteiger partial charge in [0.1, 0.15) is 11.5 Å². The summed E-state index contributed by atoms with van der Waals surface area (Å²) in [6, 6.07) is 0.366. The first-order valence-electron chi connectivity index (χ1n) is 6.35. The van der Waals surface area contributed by atoms with Crippen molar-refractivity contribution in [1.82, 2.24) is 5.32 Å². The zero-order valence-electron chi connectivity index (χ0n) is 11.4. The van der Waals surface area contributed by atoms with Crippen molar-refractivity contribution in [2.45, 2.75) is 53.0 Å². The highest BCUT2D eigenvalue weighted by atomic mass is 16.3. The van der Waals surface area contributed by atoms with Crippen LogP contribution in [0, 0.1) is 33.1 Å². The van der Waals surface area contributed by atoms with E-state index in [1.54, 1.807) is 0 Å². The van der Waals surface area contributed by atoms with Gasteiger partial charge in [0.25, 0.3) is 0 Å². The maximum atomic E-state index is 5.70. The molecule has 1 aromatic heterocycles. The van der Waals surface area contributed by atoms with Crippen LogP contribution in [0.1, 0.15) is 54.9 Å². The highest BCUT2D eigenvalue weighted by molar-refractivity contribution is 5.34. The molecular formula is C15H23NO. The largest absolute Gasteiger partial charge is 0.466 e. The van der Waals surface area contributed by atoms with Gasteiger partial charge in [0, 0.05) is 18.0 Å². The minimum absolute atomic E-state index is 0.366. The second kappa shape index (κ2) is 6.51. The molecule has 1 N–H and O–H groups in total. The molecule has 0 aromatic carbocycles. The molecule has 17 heavy (non-hydrogen) atoms. The number of hydrogen-bond donors (Lipinski definition) is 1. The normalized spacial score (nSPS) is 12.4. The maximum Gasteiger partial charge on any atom is 0.106 e. The van der Waals surface area contributed by atoms with Gasteiger partial charge >= 0.3 is 0 Å². The Bertz CT molecular complexity index is 398. The second-order valence-corrected chi connectivity index (χ2v) is 4.46. The molecule has 0 bridgehead atoms. The predicted molar refractivity (Wildman–Crippen MR) is 72.0 cm³/mol. The van der Waals surface area contributed by atoms with E-state index >= 15 is 0 Å². The zero-order valence-corrected chi connectivity index (χ0v) is 11.4. The quantitative estimate of drug-likeness (QED) is 0.599.